The van der Waals surface area contributed by atoms with E-state index in [2.05, 4.69) is 43.1 Å². The summed E-state index contributed by atoms with van der Waals surface area (Å²) in [6.45, 7) is 0. The standard InChI is InChI=1S/C12H13BrIN2O3P/c1-18-12(17)11(4-5-13)19-9-3-2-8-7-15-16(20-14)10(8)6-9/h2-3,6-7,11,20H,4-5H2,1H3. The summed E-state index contributed by atoms with van der Waals surface area (Å²) in [5.41, 5.74) is 0.998. The van der Waals surface area contributed by atoms with Crippen LogP contribution in [-0.2, 0) is 9.53 Å². The number of hydrogen-bond donors (Lipinski definition) is 0. The molecule has 0 bridgehead atoms. The fraction of sp³-hybridized carbons (Fsp3) is 0.333. The van der Waals surface area contributed by atoms with E-state index in [1.165, 1.54) is 7.11 Å². The number of methoxy groups -OCH3 is 1. The van der Waals surface area contributed by atoms with Gasteiger partial charge >= 0.3 is 5.97 Å². The number of fused-ring (bicyclic) bond motifs is 1. The summed E-state index contributed by atoms with van der Waals surface area (Å²) in [6, 6.07) is 5.68. The highest BCUT2D eigenvalue weighted by Crippen LogP contribution is 2.30. The van der Waals surface area contributed by atoms with Gasteiger partial charge in [0.15, 0.2) is 6.10 Å². The van der Waals surface area contributed by atoms with Gasteiger partial charge in [-0.2, -0.15) is 5.10 Å². The quantitative estimate of drug-likeness (QED) is 0.280. The van der Waals surface area contributed by atoms with E-state index in [1.807, 2.05) is 28.8 Å². The highest BCUT2D eigenvalue weighted by Gasteiger charge is 2.20. The van der Waals surface area contributed by atoms with E-state index in [0.717, 1.165) is 10.9 Å². The maximum Gasteiger partial charge on any atom is 0.347 e. The first-order valence-corrected chi connectivity index (χ1v) is 11.0. The van der Waals surface area contributed by atoms with Gasteiger partial charge < -0.3 is 9.47 Å². The Hall–Kier alpha value is -0.400. The summed E-state index contributed by atoms with van der Waals surface area (Å²) in [6.07, 6.45) is 2.29. The lowest BCUT2D eigenvalue weighted by Crippen LogP contribution is -2.29. The molecule has 0 spiro atoms. The van der Waals surface area contributed by atoms with Crippen molar-refractivity contribution >= 4 is 61.2 Å². The van der Waals surface area contributed by atoms with Crippen LogP contribution in [0, 0.1) is 0 Å². The average molecular weight is 471 g/mol. The van der Waals surface area contributed by atoms with Crippen LogP contribution in [-0.4, -0.2) is 34.1 Å². The fourth-order valence-corrected chi connectivity index (χ4v) is 3.71. The molecule has 0 fully saturated rings. The smallest absolute Gasteiger partial charge is 0.347 e. The zero-order chi connectivity index (χ0) is 14.5. The van der Waals surface area contributed by atoms with Gasteiger partial charge in [0.2, 0.25) is 0 Å². The summed E-state index contributed by atoms with van der Waals surface area (Å²) in [5.74, 6) is 0.277. The highest BCUT2D eigenvalue weighted by atomic mass is 127. The van der Waals surface area contributed by atoms with Gasteiger partial charge in [-0.15, -0.1) is 0 Å². The van der Waals surface area contributed by atoms with Crippen LogP contribution in [0.5, 0.6) is 5.75 Å². The number of hydrogen-bond acceptors (Lipinski definition) is 4. The Balaban J connectivity index is 2.25. The van der Waals surface area contributed by atoms with Crippen LogP contribution in [0.3, 0.4) is 0 Å². The Morgan fingerprint density at radius 2 is 2.40 bits per heavy atom. The Kier molecular flexibility index (Phi) is 6.04. The van der Waals surface area contributed by atoms with Crippen LogP contribution in [0.15, 0.2) is 24.4 Å². The second-order valence-corrected chi connectivity index (χ2v) is 6.80. The maximum atomic E-state index is 11.7. The second kappa shape index (κ2) is 7.56. The van der Waals surface area contributed by atoms with Crippen LogP contribution in [0.4, 0.5) is 0 Å². The monoisotopic (exact) mass is 470 g/mol. The molecule has 0 aliphatic heterocycles. The summed E-state index contributed by atoms with van der Waals surface area (Å²) in [5, 5.41) is 6.01. The average Bonchev–Trinajstić information content (AvgIpc) is 2.88. The molecule has 2 rings (SSSR count). The topological polar surface area (TPSA) is 53.4 Å². The molecule has 2 aromatic rings. The Labute approximate surface area is 139 Å². The van der Waals surface area contributed by atoms with Crippen molar-refractivity contribution in [2.24, 2.45) is 0 Å². The molecule has 8 heteroatoms. The molecule has 0 amide bonds. The molecule has 0 aliphatic rings. The van der Waals surface area contributed by atoms with E-state index in [4.69, 9.17) is 9.47 Å². The summed E-state index contributed by atoms with van der Waals surface area (Å²) in [7, 11) is 1.36. The Morgan fingerprint density at radius 3 is 3.05 bits per heavy atom. The van der Waals surface area contributed by atoms with E-state index in [1.54, 1.807) is 0 Å². The fourth-order valence-electron chi connectivity index (χ4n) is 1.76. The number of esters is 1. The first kappa shape index (κ1) is 16.0. The molecule has 0 saturated carbocycles. The molecular weight excluding hydrogens is 458 g/mol. The lowest BCUT2D eigenvalue weighted by atomic mass is 10.2. The first-order chi connectivity index (χ1) is 9.69. The van der Waals surface area contributed by atoms with Crippen molar-refractivity contribution in [3.63, 3.8) is 0 Å². The van der Waals surface area contributed by atoms with E-state index in [9.17, 15) is 4.79 Å². The van der Waals surface area contributed by atoms with Crippen molar-refractivity contribution in [3.8, 4) is 5.75 Å². The largest absolute Gasteiger partial charge is 0.479 e. The number of alkyl halides is 1. The van der Waals surface area contributed by atoms with Gasteiger partial charge in [0.25, 0.3) is 0 Å². The minimum Gasteiger partial charge on any atom is -0.479 e. The van der Waals surface area contributed by atoms with Crippen molar-refractivity contribution in [1.29, 1.82) is 0 Å². The van der Waals surface area contributed by atoms with Gasteiger partial charge in [-0.05, 0) is 34.2 Å². The van der Waals surface area contributed by atoms with Crippen molar-refractivity contribution < 1.29 is 14.3 Å². The van der Waals surface area contributed by atoms with E-state index >= 15 is 0 Å². The van der Waals surface area contributed by atoms with Crippen LogP contribution >= 0.6 is 44.3 Å². The second-order valence-electron chi connectivity index (χ2n) is 3.97. The summed E-state index contributed by atoms with van der Waals surface area (Å²) < 4.78 is 12.4. The van der Waals surface area contributed by atoms with Gasteiger partial charge in [-0.25, -0.2) is 9.25 Å². The number of carbonyl (C=O) groups is 1. The highest BCUT2D eigenvalue weighted by molar-refractivity contribution is 14.2. The van der Waals surface area contributed by atoms with Crippen molar-refractivity contribution in [3.05, 3.63) is 24.4 Å². The van der Waals surface area contributed by atoms with Crippen molar-refractivity contribution in [2.45, 2.75) is 12.5 Å². The minimum atomic E-state index is -0.602. The third-order valence-corrected chi connectivity index (χ3v) is 5.08. The van der Waals surface area contributed by atoms with Crippen LogP contribution in [0.1, 0.15) is 6.42 Å². The lowest BCUT2D eigenvalue weighted by molar-refractivity contribution is -0.148. The third-order valence-electron chi connectivity index (χ3n) is 2.74. The molecule has 0 saturated heterocycles. The maximum absolute atomic E-state index is 11.7. The Morgan fingerprint density at radius 1 is 1.60 bits per heavy atom. The molecule has 2 unspecified atom stereocenters. The molecule has 1 aromatic carbocycles. The van der Waals surface area contributed by atoms with Gasteiger partial charge in [0.05, 0.1) is 25.2 Å². The van der Waals surface area contributed by atoms with E-state index < -0.39 is 6.10 Å². The predicted molar refractivity (Wildman–Crippen MR) is 92.3 cm³/mol. The van der Waals surface area contributed by atoms with Crippen LogP contribution in [0.25, 0.3) is 10.9 Å². The number of rotatable bonds is 6. The number of benzene rings is 1. The zero-order valence-electron chi connectivity index (χ0n) is 10.7. The molecule has 108 valence electrons. The SMILES string of the molecule is COC(=O)C(CCBr)Oc1ccc2cnn(PI)c2c1. The van der Waals surface area contributed by atoms with Gasteiger partial charge in [0.1, 0.15) is 5.75 Å². The summed E-state index contributed by atoms with van der Waals surface area (Å²) >= 11 is 5.59. The number of halogens is 2. The normalized spacial score (nSPS) is 12.9. The number of carbonyl (C=O) groups excluding carboxylic acids is 1. The molecule has 5 nitrogen and oxygen atoms in total. The minimum absolute atomic E-state index is 0.367. The van der Waals surface area contributed by atoms with Gasteiger partial charge in [-0.3, -0.25) is 0 Å². The van der Waals surface area contributed by atoms with Gasteiger partial charge in [0, 0.05) is 23.2 Å². The molecule has 0 aliphatic carbocycles. The third kappa shape index (κ3) is 3.62. The van der Waals surface area contributed by atoms with Crippen LogP contribution < -0.4 is 4.74 Å². The predicted octanol–water partition coefficient (Wildman–Crippen LogP) is 3.53. The first-order valence-electron chi connectivity index (χ1n) is 5.84. The van der Waals surface area contributed by atoms with E-state index in [-0.39, 0.29) is 5.97 Å². The van der Waals surface area contributed by atoms with Gasteiger partial charge in [-0.1, -0.05) is 15.9 Å². The molecule has 0 radical (unpaired) electrons. The molecule has 2 atom stereocenters. The molecule has 1 heterocycles. The lowest BCUT2D eigenvalue weighted by Gasteiger charge is -2.16. The molecule has 0 N–H and O–H groups in total. The molecule has 20 heavy (non-hydrogen) atoms. The number of ether oxygens (including phenoxy) is 2. The molecular formula is C12H13BrIN2O3P. The number of nitrogens with zero attached hydrogens (tertiary/aromatic N) is 2. The molecule has 1 aromatic heterocycles. The van der Waals surface area contributed by atoms with Crippen molar-refractivity contribution in [2.75, 3.05) is 12.4 Å². The van der Waals surface area contributed by atoms with E-state index in [0.29, 0.717) is 23.9 Å². The zero-order valence-corrected chi connectivity index (χ0v) is 15.4. The van der Waals surface area contributed by atoms with Crippen molar-refractivity contribution in [1.82, 2.24) is 9.55 Å². The Bertz CT molecular complexity index is 607. The summed E-state index contributed by atoms with van der Waals surface area (Å²) in [4.78, 5) is 11.7. The van der Waals surface area contributed by atoms with Crippen LogP contribution in [0.2, 0.25) is 0 Å². The number of aromatic nitrogens is 2.